The fraction of sp³-hybridized carbons (Fsp3) is 0.158. The molecule has 128 valence electrons. The number of oxazole rings is 1. The highest BCUT2D eigenvalue weighted by Crippen LogP contribution is 2.23. The third-order valence-electron chi connectivity index (χ3n) is 3.62. The lowest BCUT2D eigenvalue weighted by molar-refractivity contribution is -0.116. The standard InChI is InChI=1S/C19H17ClN2O3/c1-24-16-8-2-13(3-9-16)17-12-21-19(25-17)11-10-18(23)22-15-6-4-14(20)5-7-15/h2-9,12H,10-11H2,1H3,(H,22,23). The normalized spacial score (nSPS) is 10.5. The first-order valence-electron chi connectivity index (χ1n) is 7.78. The number of nitrogens with zero attached hydrogens (tertiary/aromatic N) is 1. The Balaban J connectivity index is 1.55. The largest absolute Gasteiger partial charge is 0.497 e. The van der Waals surface area contributed by atoms with E-state index in [-0.39, 0.29) is 12.3 Å². The van der Waals surface area contributed by atoms with Gasteiger partial charge in [0.05, 0.1) is 13.3 Å². The molecule has 0 spiro atoms. The molecule has 0 atom stereocenters. The average molecular weight is 357 g/mol. The first-order chi connectivity index (χ1) is 12.1. The minimum atomic E-state index is -0.105. The fourth-order valence-corrected chi connectivity index (χ4v) is 2.42. The van der Waals surface area contributed by atoms with E-state index in [2.05, 4.69) is 10.3 Å². The summed E-state index contributed by atoms with van der Waals surface area (Å²) in [7, 11) is 1.62. The lowest BCUT2D eigenvalue weighted by atomic mass is 10.2. The topological polar surface area (TPSA) is 64.4 Å². The van der Waals surface area contributed by atoms with Gasteiger partial charge in [0.1, 0.15) is 5.75 Å². The highest BCUT2D eigenvalue weighted by molar-refractivity contribution is 6.30. The van der Waals surface area contributed by atoms with E-state index in [1.165, 1.54) is 0 Å². The van der Waals surface area contributed by atoms with E-state index in [0.717, 1.165) is 11.3 Å². The van der Waals surface area contributed by atoms with Gasteiger partial charge < -0.3 is 14.5 Å². The van der Waals surface area contributed by atoms with Gasteiger partial charge >= 0.3 is 0 Å². The molecule has 0 aliphatic carbocycles. The summed E-state index contributed by atoms with van der Waals surface area (Å²) >= 11 is 5.82. The number of methoxy groups -OCH3 is 1. The zero-order valence-corrected chi connectivity index (χ0v) is 14.4. The molecule has 0 saturated heterocycles. The maximum atomic E-state index is 12.0. The second kappa shape index (κ2) is 7.85. The first kappa shape index (κ1) is 17.0. The molecule has 0 radical (unpaired) electrons. The number of aromatic nitrogens is 1. The number of benzene rings is 2. The summed E-state index contributed by atoms with van der Waals surface area (Å²) in [5.41, 5.74) is 1.62. The van der Waals surface area contributed by atoms with Crippen LogP contribution in [0, 0.1) is 0 Å². The van der Waals surface area contributed by atoms with Gasteiger partial charge in [-0.05, 0) is 48.5 Å². The highest BCUT2D eigenvalue weighted by atomic mass is 35.5. The molecule has 0 aliphatic heterocycles. The summed E-state index contributed by atoms with van der Waals surface area (Å²) in [5, 5.41) is 3.44. The Kier molecular flexibility index (Phi) is 5.36. The van der Waals surface area contributed by atoms with E-state index in [4.69, 9.17) is 20.8 Å². The number of rotatable bonds is 6. The number of halogens is 1. The number of aryl methyl sites for hydroxylation is 1. The molecule has 0 saturated carbocycles. The van der Waals surface area contributed by atoms with Crippen LogP contribution in [0.5, 0.6) is 5.75 Å². The first-order valence-corrected chi connectivity index (χ1v) is 8.16. The van der Waals surface area contributed by atoms with Gasteiger partial charge in [-0.25, -0.2) is 4.98 Å². The molecule has 5 nitrogen and oxygen atoms in total. The second-order valence-electron chi connectivity index (χ2n) is 5.40. The number of amides is 1. The van der Waals surface area contributed by atoms with Gasteiger partial charge in [-0.3, -0.25) is 4.79 Å². The van der Waals surface area contributed by atoms with Crippen molar-refractivity contribution in [3.05, 3.63) is 65.6 Å². The lowest BCUT2D eigenvalue weighted by Gasteiger charge is -2.04. The number of anilines is 1. The van der Waals surface area contributed by atoms with Gasteiger partial charge in [0, 0.05) is 29.1 Å². The molecule has 2 aromatic carbocycles. The van der Waals surface area contributed by atoms with Crippen molar-refractivity contribution in [3.63, 3.8) is 0 Å². The van der Waals surface area contributed by atoms with Gasteiger partial charge in [0.2, 0.25) is 5.91 Å². The zero-order chi connectivity index (χ0) is 17.6. The van der Waals surface area contributed by atoms with Gasteiger partial charge in [-0.2, -0.15) is 0 Å². The van der Waals surface area contributed by atoms with Crippen molar-refractivity contribution in [1.82, 2.24) is 4.98 Å². The third-order valence-corrected chi connectivity index (χ3v) is 3.87. The summed E-state index contributed by atoms with van der Waals surface area (Å²) in [5.74, 6) is 1.86. The van der Waals surface area contributed by atoms with Crippen LogP contribution in [0.1, 0.15) is 12.3 Å². The van der Waals surface area contributed by atoms with Crippen LogP contribution in [0.2, 0.25) is 5.02 Å². The van der Waals surface area contributed by atoms with Crippen molar-refractivity contribution in [3.8, 4) is 17.1 Å². The van der Waals surface area contributed by atoms with Crippen LogP contribution < -0.4 is 10.1 Å². The molecule has 1 N–H and O–H groups in total. The molecule has 1 amide bonds. The second-order valence-corrected chi connectivity index (χ2v) is 5.84. The van der Waals surface area contributed by atoms with Crippen molar-refractivity contribution in [1.29, 1.82) is 0 Å². The summed E-state index contributed by atoms with van der Waals surface area (Å²) in [6, 6.07) is 14.5. The minimum Gasteiger partial charge on any atom is -0.497 e. The summed E-state index contributed by atoms with van der Waals surface area (Å²) in [6.45, 7) is 0. The van der Waals surface area contributed by atoms with Crippen molar-refractivity contribution in [2.45, 2.75) is 12.8 Å². The van der Waals surface area contributed by atoms with E-state index in [1.807, 2.05) is 24.3 Å². The Labute approximate surface area is 150 Å². The minimum absolute atomic E-state index is 0.105. The highest BCUT2D eigenvalue weighted by Gasteiger charge is 2.09. The van der Waals surface area contributed by atoms with Gasteiger partial charge in [0.25, 0.3) is 0 Å². The molecular formula is C19H17ClN2O3. The van der Waals surface area contributed by atoms with Crippen LogP contribution in [0.4, 0.5) is 5.69 Å². The predicted octanol–water partition coefficient (Wildman–Crippen LogP) is 4.57. The third kappa shape index (κ3) is 4.61. The number of carbonyl (C=O) groups excluding carboxylic acids is 1. The average Bonchev–Trinajstić information content (AvgIpc) is 3.11. The van der Waals surface area contributed by atoms with Gasteiger partial charge in [-0.1, -0.05) is 11.6 Å². The molecule has 1 aromatic heterocycles. The van der Waals surface area contributed by atoms with Crippen molar-refractivity contribution >= 4 is 23.2 Å². The molecular weight excluding hydrogens is 340 g/mol. The summed E-state index contributed by atoms with van der Waals surface area (Å²) in [6.07, 6.45) is 2.37. The Morgan fingerprint density at radius 2 is 1.88 bits per heavy atom. The quantitative estimate of drug-likeness (QED) is 0.702. The van der Waals surface area contributed by atoms with E-state index >= 15 is 0 Å². The van der Waals surface area contributed by atoms with E-state index in [9.17, 15) is 4.79 Å². The number of hydrogen-bond acceptors (Lipinski definition) is 4. The molecule has 6 heteroatoms. The Morgan fingerprint density at radius 1 is 1.16 bits per heavy atom. The Hall–Kier alpha value is -2.79. The number of ether oxygens (including phenoxy) is 1. The Bertz CT molecular complexity index is 842. The zero-order valence-electron chi connectivity index (χ0n) is 13.7. The van der Waals surface area contributed by atoms with Crippen LogP contribution in [-0.4, -0.2) is 18.0 Å². The summed E-state index contributed by atoms with van der Waals surface area (Å²) < 4.78 is 10.8. The lowest BCUT2D eigenvalue weighted by Crippen LogP contribution is -2.12. The molecule has 0 unspecified atom stereocenters. The van der Waals surface area contributed by atoms with Gasteiger partial charge in [0.15, 0.2) is 11.7 Å². The molecule has 3 rings (SSSR count). The maximum Gasteiger partial charge on any atom is 0.224 e. The smallest absolute Gasteiger partial charge is 0.224 e. The van der Waals surface area contributed by atoms with E-state index in [1.54, 1.807) is 37.6 Å². The molecule has 0 bridgehead atoms. The fourth-order valence-electron chi connectivity index (χ4n) is 2.29. The summed E-state index contributed by atoms with van der Waals surface area (Å²) in [4.78, 5) is 16.2. The van der Waals surface area contributed by atoms with Crippen LogP contribution in [0.25, 0.3) is 11.3 Å². The van der Waals surface area contributed by atoms with Gasteiger partial charge in [-0.15, -0.1) is 0 Å². The molecule has 1 heterocycles. The molecule has 3 aromatic rings. The molecule has 0 aliphatic rings. The van der Waals surface area contributed by atoms with E-state index < -0.39 is 0 Å². The molecule has 25 heavy (non-hydrogen) atoms. The van der Waals surface area contributed by atoms with Crippen molar-refractivity contribution < 1.29 is 13.9 Å². The maximum absolute atomic E-state index is 12.0. The SMILES string of the molecule is COc1ccc(-c2cnc(CCC(=O)Nc3ccc(Cl)cc3)o2)cc1. The van der Waals surface area contributed by atoms with Crippen LogP contribution >= 0.6 is 11.6 Å². The predicted molar refractivity (Wildman–Crippen MR) is 96.9 cm³/mol. The van der Waals surface area contributed by atoms with Crippen LogP contribution in [-0.2, 0) is 11.2 Å². The van der Waals surface area contributed by atoms with Crippen LogP contribution in [0.15, 0.2) is 59.1 Å². The Morgan fingerprint density at radius 3 is 2.56 bits per heavy atom. The monoisotopic (exact) mass is 356 g/mol. The van der Waals surface area contributed by atoms with Crippen molar-refractivity contribution in [2.75, 3.05) is 12.4 Å². The number of hydrogen-bond donors (Lipinski definition) is 1. The number of carbonyl (C=O) groups is 1. The number of nitrogens with one attached hydrogen (secondary N) is 1. The molecule has 0 fully saturated rings. The van der Waals surface area contributed by atoms with Crippen LogP contribution in [0.3, 0.4) is 0 Å². The van der Waals surface area contributed by atoms with E-state index in [0.29, 0.717) is 28.8 Å². The van der Waals surface area contributed by atoms with Crippen molar-refractivity contribution in [2.24, 2.45) is 0 Å².